The molecule has 12 heteroatoms. The van der Waals surface area contributed by atoms with Gasteiger partial charge in [0.1, 0.15) is 0 Å². The average Bonchev–Trinajstić information content (AvgIpc) is 3.22. The molecule has 1 fully saturated rings. The summed E-state index contributed by atoms with van der Waals surface area (Å²) in [4.78, 5) is 6.00. The molecule has 3 aromatic rings. The van der Waals surface area contributed by atoms with Crippen LogP contribution in [0.15, 0.2) is 47.6 Å². The van der Waals surface area contributed by atoms with Crippen LogP contribution in [0.25, 0.3) is 5.65 Å². The lowest BCUT2D eigenvalue weighted by molar-refractivity contribution is -0.138. The van der Waals surface area contributed by atoms with Crippen LogP contribution in [-0.2, 0) is 24.0 Å². The molecule has 0 atom stereocenters. The van der Waals surface area contributed by atoms with E-state index in [0.29, 0.717) is 56.0 Å². The van der Waals surface area contributed by atoms with E-state index in [9.17, 15) is 13.2 Å². The SMILES string of the molecule is CN=C(NCc1ccc(N2CCOCC2)cc1C(F)(F)F)NCc1nnc2ccccn12.I. The summed E-state index contributed by atoms with van der Waals surface area (Å²) >= 11 is 0. The van der Waals surface area contributed by atoms with E-state index in [1.54, 1.807) is 13.1 Å². The minimum atomic E-state index is -4.46. The van der Waals surface area contributed by atoms with Gasteiger partial charge >= 0.3 is 6.18 Å². The lowest BCUT2D eigenvalue weighted by atomic mass is 10.0. The van der Waals surface area contributed by atoms with Crippen LogP contribution >= 0.6 is 24.0 Å². The highest BCUT2D eigenvalue weighted by atomic mass is 127. The van der Waals surface area contributed by atoms with Crippen LogP contribution in [0.1, 0.15) is 17.0 Å². The van der Waals surface area contributed by atoms with E-state index in [1.807, 2.05) is 33.7 Å². The number of nitrogens with one attached hydrogen (secondary N) is 2. The number of halogens is 4. The van der Waals surface area contributed by atoms with Gasteiger partial charge in [-0.3, -0.25) is 9.39 Å². The molecule has 4 rings (SSSR count). The molecule has 178 valence electrons. The highest BCUT2D eigenvalue weighted by Crippen LogP contribution is 2.35. The van der Waals surface area contributed by atoms with Gasteiger partial charge in [0.2, 0.25) is 0 Å². The minimum Gasteiger partial charge on any atom is -0.378 e. The third kappa shape index (κ3) is 6.05. The summed E-state index contributed by atoms with van der Waals surface area (Å²) in [6, 6.07) is 10.0. The number of fused-ring (bicyclic) bond motifs is 1. The molecule has 0 amide bonds. The molecule has 2 aromatic heterocycles. The molecule has 1 aliphatic heterocycles. The molecule has 0 radical (unpaired) electrons. The summed E-state index contributed by atoms with van der Waals surface area (Å²) < 4.78 is 48.4. The number of morpholine rings is 1. The molecule has 0 bridgehead atoms. The maximum atomic E-state index is 13.7. The zero-order chi connectivity index (χ0) is 22.6. The molecule has 33 heavy (non-hydrogen) atoms. The second-order valence-electron chi connectivity index (χ2n) is 7.26. The van der Waals surface area contributed by atoms with Crippen molar-refractivity contribution >= 4 is 41.3 Å². The third-order valence-corrected chi connectivity index (χ3v) is 5.24. The first-order valence-electron chi connectivity index (χ1n) is 10.2. The van der Waals surface area contributed by atoms with Crippen molar-refractivity contribution < 1.29 is 17.9 Å². The number of nitrogens with zero attached hydrogens (tertiary/aromatic N) is 5. The summed E-state index contributed by atoms with van der Waals surface area (Å²) in [5.41, 5.74) is 0.742. The molecule has 1 aromatic carbocycles. The summed E-state index contributed by atoms with van der Waals surface area (Å²) in [6.45, 7) is 2.44. The molecule has 1 saturated heterocycles. The van der Waals surface area contributed by atoms with E-state index in [-0.39, 0.29) is 36.1 Å². The van der Waals surface area contributed by atoms with Gasteiger partial charge in [-0.05, 0) is 29.8 Å². The number of anilines is 1. The normalized spacial score (nSPS) is 14.8. The Morgan fingerprint density at radius 3 is 2.58 bits per heavy atom. The Balaban J connectivity index is 0.00000306. The van der Waals surface area contributed by atoms with Crippen LogP contribution in [0, 0.1) is 0 Å². The second kappa shape index (κ2) is 11.0. The Labute approximate surface area is 206 Å². The van der Waals surface area contributed by atoms with Crippen LogP contribution in [-0.4, -0.2) is 53.9 Å². The van der Waals surface area contributed by atoms with Crippen molar-refractivity contribution in [2.45, 2.75) is 19.3 Å². The van der Waals surface area contributed by atoms with Crippen molar-refractivity contribution in [3.8, 4) is 0 Å². The molecule has 0 unspecified atom stereocenters. The van der Waals surface area contributed by atoms with E-state index in [1.165, 1.54) is 12.1 Å². The smallest absolute Gasteiger partial charge is 0.378 e. The van der Waals surface area contributed by atoms with Crippen molar-refractivity contribution in [3.05, 3.63) is 59.5 Å². The Morgan fingerprint density at radius 1 is 1.09 bits per heavy atom. The first-order valence-corrected chi connectivity index (χ1v) is 10.2. The monoisotopic (exact) mass is 575 g/mol. The van der Waals surface area contributed by atoms with Gasteiger partial charge < -0.3 is 20.3 Å². The molecular weight excluding hydrogens is 550 g/mol. The number of alkyl halides is 3. The van der Waals surface area contributed by atoms with Crippen LogP contribution in [0.4, 0.5) is 18.9 Å². The maximum absolute atomic E-state index is 13.7. The molecule has 0 aliphatic carbocycles. The molecule has 0 saturated carbocycles. The molecule has 2 N–H and O–H groups in total. The van der Waals surface area contributed by atoms with Crippen molar-refractivity contribution in [2.24, 2.45) is 4.99 Å². The van der Waals surface area contributed by atoms with E-state index in [4.69, 9.17) is 4.74 Å². The van der Waals surface area contributed by atoms with Gasteiger partial charge in [0.15, 0.2) is 17.4 Å². The Morgan fingerprint density at radius 2 is 1.85 bits per heavy atom. The number of guanidine groups is 1. The lowest BCUT2D eigenvalue weighted by Gasteiger charge is -2.29. The van der Waals surface area contributed by atoms with Gasteiger partial charge in [-0.1, -0.05) is 12.1 Å². The van der Waals surface area contributed by atoms with Crippen LogP contribution < -0.4 is 15.5 Å². The van der Waals surface area contributed by atoms with Gasteiger partial charge in [-0.15, -0.1) is 34.2 Å². The average molecular weight is 575 g/mol. The topological polar surface area (TPSA) is 79.1 Å². The molecule has 3 heterocycles. The van der Waals surface area contributed by atoms with E-state index in [0.717, 1.165) is 0 Å². The Hall–Kier alpha value is -2.61. The van der Waals surface area contributed by atoms with E-state index >= 15 is 0 Å². The number of hydrogen-bond donors (Lipinski definition) is 2. The molecular formula is C21H25F3IN7O. The first-order chi connectivity index (χ1) is 15.5. The van der Waals surface area contributed by atoms with Crippen molar-refractivity contribution in [1.29, 1.82) is 0 Å². The Kier molecular flexibility index (Phi) is 8.35. The summed E-state index contributed by atoms with van der Waals surface area (Å²) in [5, 5.41) is 14.2. The number of hydrogen-bond acceptors (Lipinski definition) is 5. The van der Waals surface area contributed by atoms with Crippen molar-refractivity contribution in [3.63, 3.8) is 0 Å². The first kappa shape index (κ1) is 25.0. The molecule has 1 aliphatic rings. The largest absolute Gasteiger partial charge is 0.416 e. The standard InChI is InChI=1S/C21H24F3N7O.HI/c1-25-20(27-14-19-29-28-18-4-2-3-7-31(18)19)26-13-15-5-6-16(12-17(15)21(22,23)24)30-8-10-32-11-9-30;/h2-7,12H,8-11,13-14H2,1H3,(H2,25,26,27);1H. The maximum Gasteiger partial charge on any atom is 0.416 e. The minimum absolute atomic E-state index is 0. The van der Waals surface area contributed by atoms with Gasteiger partial charge in [0, 0.05) is 38.6 Å². The van der Waals surface area contributed by atoms with Gasteiger partial charge in [0.25, 0.3) is 0 Å². The van der Waals surface area contributed by atoms with Gasteiger partial charge in [-0.25, -0.2) is 0 Å². The van der Waals surface area contributed by atoms with Crippen molar-refractivity contribution in [2.75, 3.05) is 38.3 Å². The highest BCUT2D eigenvalue weighted by molar-refractivity contribution is 14.0. The molecule has 8 nitrogen and oxygen atoms in total. The fourth-order valence-electron chi connectivity index (χ4n) is 3.57. The van der Waals surface area contributed by atoms with Crippen molar-refractivity contribution in [1.82, 2.24) is 25.2 Å². The zero-order valence-electron chi connectivity index (χ0n) is 18.0. The number of pyridine rings is 1. The number of aromatic nitrogens is 3. The Bertz CT molecular complexity index is 1100. The lowest BCUT2D eigenvalue weighted by Crippen LogP contribution is -2.37. The fraction of sp³-hybridized carbons (Fsp3) is 0.381. The summed E-state index contributed by atoms with van der Waals surface area (Å²) in [7, 11) is 1.56. The third-order valence-electron chi connectivity index (χ3n) is 5.24. The van der Waals surface area contributed by atoms with E-state index in [2.05, 4.69) is 25.8 Å². The van der Waals surface area contributed by atoms with Gasteiger partial charge in [0.05, 0.1) is 25.3 Å². The zero-order valence-corrected chi connectivity index (χ0v) is 20.3. The number of ether oxygens (including phenoxy) is 1. The number of benzene rings is 1. The predicted octanol–water partition coefficient (Wildman–Crippen LogP) is 3.07. The quantitative estimate of drug-likeness (QED) is 0.277. The van der Waals surface area contributed by atoms with E-state index < -0.39 is 11.7 Å². The van der Waals surface area contributed by atoms with Gasteiger partial charge in [-0.2, -0.15) is 13.2 Å². The van der Waals surface area contributed by atoms with Crippen LogP contribution in [0.3, 0.4) is 0 Å². The van der Waals surface area contributed by atoms with Crippen LogP contribution in [0.5, 0.6) is 0 Å². The second-order valence-corrected chi connectivity index (χ2v) is 7.26. The predicted molar refractivity (Wildman–Crippen MR) is 130 cm³/mol. The highest BCUT2D eigenvalue weighted by Gasteiger charge is 2.34. The fourth-order valence-corrected chi connectivity index (χ4v) is 3.57. The van der Waals surface area contributed by atoms with Crippen LogP contribution in [0.2, 0.25) is 0 Å². The summed E-state index contributed by atoms with van der Waals surface area (Å²) in [6.07, 6.45) is -2.62. The molecule has 0 spiro atoms. The number of rotatable bonds is 5. The number of aliphatic imine (C=N–C) groups is 1. The summed E-state index contributed by atoms with van der Waals surface area (Å²) in [5.74, 6) is 1.03.